The number of carbonyl (C=O) groups is 1. The molecule has 0 aromatic heterocycles. The van der Waals surface area contributed by atoms with Crippen molar-refractivity contribution in [3.05, 3.63) is 28.8 Å². The summed E-state index contributed by atoms with van der Waals surface area (Å²) >= 11 is 5.81. The van der Waals surface area contributed by atoms with E-state index in [0.29, 0.717) is 0 Å². The molecule has 1 aromatic carbocycles. The van der Waals surface area contributed by atoms with Gasteiger partial charge in [-0.25, -0.2) is 18.1 Å². The second kappa shape index (κ2) is 5.66. The molecule has 0 aliphatic heterocycles. The molecule has 6 nitrogen and oxygen atoms in total. The van der Waals surface area contributed by atoms with Crippen LogP contribution >= 0.6 is 11.6 Å². The van der Waals surface area contributed by atoms with Crippen LogP contribution in [0.5, 0.6) is 0 Å². The first-order chi connectivity index (χ1) is 8.27. The van der Waals surface area contributed by atoms with Crippen molar-refractivity contribution in [2.45, 2.75) is 4.90 Å². The lowest BCUT2D eigenvalue weighted by atomic mass is 10.2. The van der Waals surface area contributed by atoms with Gasteiger partial charge in [-0.3, -0.25) is 10.2 Å². The third kappa shape index (κ3) is 3.42. The largest absolute Gasteiger partial charge is 0.285 e. The molecule has 0 aliphatic carbocycles. The van der Waals surface area contributed by atoms with E-state index in [9.17, 15) is 13.2 Å². The zero-order valence-corrected chi connectivity index (χ0v) is 11.8. The van der Waals surface area contributed by atoms with E-state index in [1.165, 1.54) is 30.3 Å². The Morgan fingerprint density at radius 2 is 1.94 bits per heavy atom. The van der Waals surface area contributed by atoms with Crippen molar-refractivity contribution in [2.75, 3.05) is 21.1 Å². The molecule has 0 radical (unpaired) electrons. The third-order valence-electron chi connectivity index (χ3n) is 2.08. The summed E-state index contributed by atoms with van der Waals surface area (Å²) in [6, 6.07) is 4.05. The van der Waals surface area contributed by atoms with E-state index in [0.717, 1.165) is 0 Å². The maximum absolute atomic E-state index is 11.7. The van der Waals surface area contributed by atoms with Crippen LogP contribution in [0.4, 0.5) is 0 Å². The van der Waals surface area contributed by atoms with Crippen LogP contribution < -0.4 is 10.1 Å². The lowest BCUT2D eigenvalue weighted by molar-refractivity contribution is 0.0856. The number of carbonyl (C=O) groups excluding carboxylic acids is 1. The molecule has 1 aromatic rings. The molecule has 100 valence electrons. The second-order valence-corrected chi connectivity index (χ2v) is 5.95. The monoisotopic (exact) mass is 291 g/mol. The molecule has 0 atom stereocenters. The summed E-state index contributed by atoms with van der Waals surface area (Å²) in [5, 5.41) is 1.52. The number of hydrazine groups is 1. The van der Waals surface area contributed by atoms with E-state index in [-0.39, 0.29) is 15.5 Å². The fourth-order valence-corrected chi connectivity index (χ4v) is 2.48. The van der Waals surface area contributed by atoms with E-state index >= 15 is 0 Å². The molecular weight excluding hydrogens is 278 g/mol. The predicted octanol–water partition coefficient (Wildman–Crippen LogP) is 0.455. The molecule has 0 unspecified atom stereocenters. The van der Waals surface area contributed by atoms with Gasteiger partial charge in [-0.2, -0.15) is 0 Å². The lowest BCUT2D eigenvalue weighted by Gasteiger charge is -2.13. The van der Waals surface area contributed by atoms with Gasteiger partial charge in [0.05, 0.1) is 5.02 Å². The highest BCUT2D eigenvalue weighted by atomic mass is 35.5. The molecule has 0 saturated heterocycles. The minimum atomic E-state index is -3.69. The average Bonchev–Trinajstić information content (AvgIpc) is 2.28. The molecular formula is C10H14ClN3O3S. The van der Waals surface area contributed by atoms with Crippen LogP contribution in [0, 0.1) is 0 Å². The number of hydrogen-bond acceptors (Lipinski definition) is 4. The number of rotatable bonds is 4. The van der Waals surface area contributed by atoms with Crippen LogP contribution in [0.15, 0.2) is 23.1 Å². The van der Waals surface area contributed by atoms with Crippen molar-refractivity contribution in [3.63, 3.8) is 0 Å². The maximum atomic E-state index is 11.7. The standard InChI is InChI=1S/C10H14ClN3O3S/c1-12-18(16,17)9-6-7(4-5-8(9)11)10(15)13-14(2)3/h4-6,12H,1-3H3,(H,13,15). The van der Waals surface area contributed by atoms with Crippen LogP contribution in [0.25, 0.3) is 0 Å². The van der Waals surface area contributed by atoms with Gasteiger partial charge in [0.25, 0.3) is 5.91 Å². The summed E-state index contributed by atoms with van der Waals surface area (Å²) in [5.41, 5.74) is 2.72. The number of amides is 1. The molecule has 0 spiro atoms. The predicted molar refractivity (Wildman–Crippen MR) is 68.9 cm³/mol. The topological polar surface area (TPSA) is 78.5 Å². The minimum absolute atomic E-state index is 0.0609. The van der Waals surface area contributed by atoms with Crippen LogP contribution in [0.2, 0.25) is 5.02 Å². The zero-order chi connectivity index (χ0) is 13.9. The SMILES string of the molecule is CNS(=O)(=O)c1cc(C(=O)NN(C)C)ccc1Cl. The van der Waals surface area contributed by atoms with E-state index in [1.807, 2.05) is 0 Å². The highest BCUT2D eigenvalue weighted by Gasteiger charge is 2.18. The Morgan fingerprint density at radius 1 is 1.33 bits per heavy atom. The van der Waals surface area contributed by atoms with Gasteiger partial charge in [0.15, 0.2) is 0 Å². The molecule has 0 aliphatic rings. The molecule has 8 heteroatoms. The molecule has 0 bridgehead atoms. The summed E-state index contributed by atoms with van der Waals surface area (Å²) < 4.78 is 25.5. The summed E-state index contributed by atoms with van der Waals surface area (Å²) in [6.45, 7) is 0. The van der Waals surface area contributed by atoms with Crippen molar-refractivity contribution >= 4 is 27.5 Å². The van der Waals surface area contributed by atoms with Gasteiger partial charge in [-0.05, 0) is 25.2 Å². The number of benzene rings is 1. The summed E-state index contributed by atoms with van der Waals surface area (Å²) in [6.07, 6.45) is 0. The van der Waals surface area contributed by atoms with Crippen LogP contribution in [-0.4, -0.2) is 40.5 Å². The summed E-state index contributed by atoms with van der Waals surface area (Å²) in [4.78, 5) is 11.6. The Kier molecular flexibility index (Phi) is 4.69. The summed E-state index contributed by atoms with van der Waals surface area (Å²) in [7, 11) is 0.891. The second-order valence-electron chi connectivity index (χ2n) is 3.69. The average molecular weight is 292 g/mol. The van der Waals surface area contributed by atoms with Gasteiger partial charge in [-0.1, -0.05) is 11.6 Å². The van der Waals surface area contributed by atoms with E-state index in [2.05, 4.69) is 10.1 Å². The van der Waals surface area contributed by atoms with Crippen LogP contribution in [0.1, 0.15) is 10.4 Å². The fraction of sp³-hybridized carbons (Fsp3) is 0.300. The van der Waals surface area contributed by atoms with Crippen LogP contribution in [0.3, 0.4) is 0 Å². The normalized spacial score (nSPS) is 11.6. The van der Waals surface area contributed by atoms with Crippen molar-refractivity contribution in [1.29, 1.82) is 0 Å². The van der Waals surface area contributed by atoms with Gasteiger partial charge in [0, 0.05) is 19.7 Å². The van der Waals surface area contributed by atoms with Crippen molar-refractivity contribution in [3.8, 4) is 0 Å². The van der Waals surface area contributed by atoms with Gasteiger partial charge >= 0.3 is 0 Å². The van der Waals surface area contributed by atoms with Crippen molar-refractivity contribution in [1.82, 2.24) is 15.2 Å². The summed E-state index contributed by atoms with van der Waals surface area (Å²) in [5.74, 6) is -0.413. The Labute approximate surface area is 111 Å². The quantitative estimate of drug-likeness (QED) is 0.790. The third-order valence-corrected chi connectivity index (χ3v) is 3.97. The molecule has 18 heavy (non-hydrogen) atoms. The van der Waals surface area contributed by atoms with E-state index < -0.39 is 15.9 Å². The smallest absolute Gasteiger partial charge is 0.265 e. The van der Waals surface area contributed by atoms with E-state index in [4.69, 9.17) is 11.6 Å². The van der Waals surface area contributed by atoms with Gasteiger partial charge in [0.2, 0.25) is 10.0 Å². The lowest BCUT2D eigenvalue weighted by Crippen LogP contribution is -2.36. The molecule has 2 N–H and O–H groups in total. The molecule has 0 fully saturated rings. The van der Waals surface area contributed by atoms with Gasteiger partial charge < -0.3 is 0 Å². The first-order valence-electron chi connectivity index (χ1n) is 4.99. The Balaban J connectivity index is 3.21. The number of nitrogens with zero attached hydrogens (tertiary/aromatic N) is 1. The first-order valence-corrected chi connectivity index (χ1v) is 6.85. The Morgan fingerprint density at radius 3 is 2.44 bits per heavy atom. The molecule has 1 amide bonds. The zero-order valence-electron chi connectivity index (χ0n) is 10.2. The number of sulfonamides is 1. The van der Waals surface area contributed by atoms with Crippen molar-refractivity contribution in [2.24, 2.45) is 0 Å². The molecule has 0 saturated carbocycles. The number of hydrogen-bond donors (Lipinski definition) is 2. The number of nitrogens with one attached hydrogen (secondary N) is 2. The fourth-order valence-electron chi connectivity index (χ4n) is 1.23. The van der Waals surface area contributed by atoms with Gasteiger partial charge in [0.1, 0.15) is 4.90 Å². The minimum Gasteiger partial charge on any atom is -0.285 e. The Bertz CT molecular complexity index is 557. The highest BCUT2D eigenvalue weighted by Crippen LogP contribution is 2.22. The number of halogens is 1. The maximum Gasteiger partial charge on any atom is 0.265 e. The molecule has 1 rings (SSSR count). The first kappa shape index (κ1) is 14.9. The van der Waals surface area contributed by atoms with Gasteiger partial charge in [-0.15, -0.1) is 0 Å². The van der Waals surface area contributed by atoms with Crippen LogP contribution in [-0.2, 0) is 10.0 Å². The molecule has 0 heterocycles. The highest BCUT2D eigenvalue weighted by molar-refractivity contribution is 7.89. The Hall–Kier alpha value is -1.15. The van der Waals surface area contributed by atoms with Crippen molar-refractivity contribution < 1.29 is 13.2 Å². The van der Waals surface area contributed by atoms with E-state index in [1.54, 1.807) is 14.1 Å².